The fourth-order valence-corrected chi connectivity index (χ4v) is 4.87. The third kappa shape index (κ3) is 3.71. The molecule has 2 N–H and O–H groups in total. The van der Waals surface area contributed by atoms with Gasteiger partial charge in [-0.2, -0.15) is 5.10 Å². The van der Waals surface area contributed by atoms with Crippen molar-refractivity contribution in [3.8, 4) is 22.8 Å². The van der Waals surface area contributed by atoms with Crippen LogP contribution in [0.15, 0.2) is 66.7 Å². The fraction of sp³-hybridized carbons (Fsp3) is 0.214. The lowest BCUT2D eigenvalue weighted by molar-refractivity contribution is 0.0730. The smallest absolute Gasteiger partial charge is 0.273 e. The highest BCUT2D eigenvalue weighted by atomic mass is 16.5. The highest BCUT2D eigenvalue weighted by Crippen LogP contribution is 2.46. The number of aryl methyl sites for hydroxylation is 2. The number of hydrogen-bond acceptors (Lipinski definition) is 4. The van der Waals surface area contributed by atoms with E-state index >= 15 is 0 Å². The number of aromatic amines is 1. The molecular weight excluding hydrogens is 426 g/mol. The van der Waals surface area contributed by atoms with Gasteiger partial charge in [0, 0.05) is 17.7 Å². The Hall–Kier alpha value is -4.06. The van der Waals surface area contributed by atoms with Crippen molar-refractivity contribution in [2.24, 2.45) is 0 Å². The number of aromatic hydroxyl groups is 1. The Morgan fingerprint density at radius 3 is 2.59 bits per heavy atom. The van der Waals surface area contributed by atoms with Crippen LogP contribution in [0, 0.1) is 13.8 Å². The second-order valence-electron chi connectivity index (χ2n) is 8.66. The predicted molar refractivity (Wildman–Crippen MR) is 131 cm³/mol. The normalized spacial score (nSPS) is 15.0. The summed E-state index contributed by atoms with van der Waals surface area (Å²) in [5.74, 6) is 0.788. The molecule has 5 rings (SSSR count). The molecule has 0 bridgehead atoms. The Morgan fingerprint density at radius 1 is 1.06 bits per heavy atom. The summed E-state index contributed by atoms with van der Waals surface area (Å²) in [5.41, 5.74) is 6.31. The second kappa shape index (κ2) is 8.71. The van der Waals surface area contributed by atoms with Gasteiger partial charge >= 0.3 is 0 Å². The van der Waals surface area contributed by atoms with Gasteiger partial charge in [-0.25, -0.2) is 0 Å². The largest absolute Gasteiger partial charge is 0.507 e. The van der Waals surface area contributed by atoms with E-state index in [9.17, 15) is 9.90 Å². The van der Waals surface area contributed by atoms with Crippen LogP contribution in [0.25, 0.3) is 11.3 Å². The fourth-order valence-electron chi connectivity index (χ4n) is 4.87. The first-order valence-corrected chi connectivity index (χ1v) is 11.4. The van der Waals surface area contributed by atoms with E-state index in [-0.39, 0.29) is 17.7 Å². The molecule has 1 unspecified atom stereocenters. The summed E-state index contributed by atoms with van der Waals surface area (Å²) in [6, 6.07) is 21.2. The minimum Gasteiger partial charge on any atom is -0.507 e. The Bertz CT molecular complexity index is 1340. The zero-order valence-electron chi connectivity index (χ0n) is 19.5. The number of amides is 1. The third-order valence-corrected chi connectivity index (χ3v) is 6.24. The number of nitrogens with one attached hydrogen (secondary N) is 1. The summed E-state index contributed by atoms with van der Waals surface area (Å²) in [6.07, 6.45) is 0. The van der Waals surface area contributed by atoms with Crippen molar-refractivity contribution in [3.63, 3.8) is 0 Å². The summed E-state index contributed by atoms with van der Waals surface area (Å²) in [6.45, 7) is 6.84. The van der Waals surface area contributed by atoms with Gasteiger partial charge in [0.05, 0.1) is 12.6 Å². The van der Waals surface area contributed by atoms with Gasteiger partial charge in [-0.15, -0.1) is 0 Å². The van der Waals surface area contributed by atoms with Crippen molar-refractivity contribution in [1.29, 1.82) is 0 Å². The van der Waals surface area contributed by atoms with E-state index in [1.54, 1.807) is 6.07 Å². The Labute approximate surface area is 198 Å². The van der Waals surface area contributed by atoms with Crippen molar-refractivity contribution < 1.29 is 14.6 Å². The minimum atomic E-state index is -0.378. The molecule has 34 heavy (non-hydrogen) atoms. The number of H-pyrrole nitrogens is 1. The van der Waals surface area contributed by atoms with E-state index in [2.05, 4.69) is 10.2 Å². The van der Waals surface area contributed by atoms with Crippen LogP contribution in [0.4, 0.5) is 0 Å². The molecule has 1 aliphatic rings. The lowest BCUT2D eigenvalue weighted by Crippen LogP contribution is -2.29. The zero-order valence-corrected chi connectivity index (χ0v) is 19.5. The molecule has 0 saturated heterocycles. The number of benzene rings is 3. The first kappa shape index (κ1) is 21.8. The molecule has 4 aromatic rings. The molecule has 6 nitrogen and oxygen atoms in total. The number of hydrogen-bond donors (Lipinski definition) is 2. The topological polar surface area (TPSA) is 78.5 Å². The minimum absolute atomic E-state index is 0.117. The maximum Gasteiger partial charge on any atom is 0.273 e. The molecule has 3 aromatic carbocycles. The molecule has 0 saturated carbocycles. The lowest BCUT2D eigenvalue weighted by Gasteiger charge is -2.27. The molecule has 0 aliphatic carbocycles. The monoisotopic (exact) mass is 453 g/mol. The van der Waals surface area contributed by atoms with Crippen molar-refractivity contribution >= 4 is 5.91 Å². The molecule has 172 valence electrons. The number of carbonyl (C=O) groups excluding carboxylic acids is 1. The molecule has 1 aliphatic heterocycles. The number of nitrogens with zero attached hydrogens (tertiary/aromatic N) is 2. The summed E-state index contributed by atoms with van der Waals surface area (Å²) in [4.78, 5) is 15.5. The van der Waals surface area contributed by atoms with Gasteiger partial charge in [-0.3, -0.25) is 9.89 Å². The first-order valence-electron chi connectivity index (χ1n) is 11.4. The van der Waals surface area contributed by atoms with Crippen LogP contribution in [0.3, 0.4) is 0 Å². The van der Waals surface area contributed by atoms with E-state index in [0.29, 0.717) is 30.1 Å². The standard InChI is InChI=1S/C28H27N3O3/c1-4-34-21-12-8-11-20(15-21)27-24-25(23-18(3)13-17(2)14-22(23)32)29-30-26(24)28(33)31(27)16-19-9-6-5-7-10-19/h5-15,27,32H,4,16H2,1-3H3,(H,29,30). The van der Waals surface area contributed by atoms with Crippen LogP contribution in [0.2, 0.25) is 0 Å². The van der Waals surface area contributed by atoms with Crippen LogP contribution in [0.1, 0.15) is 51.3 Å². The number of rotatable bonds is 6. The van der Waals surface area contributed by atoms with Crippen LogP contribution >= 0.6 is 0 Å². The highest BCUT2D eigenvalue weighted by molar-refractivity contribution is 6.00. The molecular formula is C28H27N3O3. The van der Waals surface area contributed by atoms with Crippen LogP contribution in [-0.2, 0) is 6.54 Å². The van der Waals surface area contributed by atoms with Gasteiger partial charge in [-0.05, 0) is 61.2 Å². The average molecular weight is 454 g/mol. The molecule has 1 amide bonds. The van der Waals surface area contributed by atoms with Gasteiger partial charge in [0.25, 0.3) is 5.91 Å². The molecule has 1 aromatic heterocycles. The third-order valence-electron chi connectivity index (χ3n) is 6.24. The predicted octanol–water partition coefficient (Wildman–Crippen LogP) is 5.54. The van der Waals surface area contributed by atoms with Crippen molar-refractivity contribution in [2.45, 2.75) is 33.4 Å². The number of carbonyl (C=O) groups is 1. The average Bonchev–Trinajstić information content (AvgIpc) is 3.34. The summed E-state index contributed by atoms with van der Waals surface area (Å²) >= 11 is 0. The van der Waals surface area contributed by atoms with Crippen molar-refractivity contribution in [1.82, 2.24) is 15.1 Å². The quantitative estimate of drug-likeness (QED) is 0.402. The zero-order chi connectivity index (χ0) is 23.8. The number of phenols is 1. The Balaban J connectivity index is 1.69. The molecule has 0 radical (unpaired) electrons. The maximum absolute atomic E-state index is 13.6. The maximum atomic E-state index is 13.6. The van der Waals surface area contributed by atoms with Gasteiger partial charge in [0.15, 0.2) is 0 Å². The molecule has 1 atom stereocenters. The number of phenolic OH excluding ortho intramolecular Hbond substituents is 1. The summed E-state index contributed by atoms with van der Waals surface area (Å²) in [7, 11) is 0. The second-order valence-corrected chi connectivity index (χ2v) is 8.66. The van der Waals surface area contributed by atoms with Gasteiger partial charge in [0.2, 0.25) is 0 Å². The molecule has 2 heterocycles. The Kier molecular flexibility index (Phi) is 5.57. The van der Waals surface area contributed by atoms with E-state index in [1.165, 1.54) is 0 Å². The number of aromatic nitrogens is 2. The van der Waals surface area contributed by atoms with Crippen LogP contribution < -0.4 is 4.74 Å². The SMILES string of the molecule is CCOc1cccc(C2c3c(-c4c(C)cc(C)cc4O)n[nH]c3C(=O)N2Cc2ccccc2)c1. The first-order chi connectivity index (χ1) is 16.5. The van der Waals surface area contributed by atoms with E-state index in [1.807, 2.05) is 86.3 Å². The van der Waals surface area contributed by atoms with Gasteiger partial charge in [0.1, 0.15) is 22.9 Å². The number of ether oxygens (including phenoxy) is 1. The van der Waals surface area contributed by atoms with Crippen molar-refractivity contribution in [3.05, 3.63) is 100 Å². The summed E-state index contributed by atoms with van der Waals surface area (Å²) < 4.78 is 5.76. The van der Waals surface area contributed by atoms with Crippen molar-refractivity contribution in [2.75, 3.05) is 6.61 Å². The van der Waals surface area contributed by atoms with Crippen LogP contribution in [0.5, 0.6) is 11.5 Å². The van der Waals surface area contributed by atoms with E-state index in [4.69, 9.17) is 4.74 Å². The van der Waals surface area contributed by atoms with E-state index in [0.717, 1.165) is 33.6 Å². The summed E-state index contributed by atoms with van der Waals surface area (Å²) in [5, 5.41) is 18.3. The Morgan fingerprint density at radius 2 is 1.85 bits per heavy atom. The van der Waals surface area contributed by atoms with Crippen LogP contribution in [-0.4, -0.2) is 32.7 Å². The number of fused-ring (bicyclic) bond motifs is 1. The van der Waals surface area contributed by atoms with Gasteiger partial charge in [-0.1, -0.05) is 48.5 Å². The molecule has 0 fully saturated rings. The lowest BCUT2D eigenvalue weighted by atomic mass is 9.93. The van der Waals surface area contributed by atoms with Gasteiger partial charge < -0.3 is 14.7 Å². The van der Waals surface area contributed by atoms with E-state index < -0.39 is 0 Å². The highest BCUT2D eigenvalue weighted by Gasteiger charge is 2.42. The molecule has 6 heteroatoms. The molecule has 0 spiro atoms.